The molecule has 0 saturated carbocycles. The fourth-order valence-corrected chi connectivity index (χ4v) is 2.83. The minimum Gasteiger partial charge on any atom is -0.497 e. The highest BCUT2D eigenvalue weighted by molar-refractivity contribution is 5.39. The zero-order valence-corrected chi connectivity index (χ0v) is 12.4. The molecule has 1 aromatic carbocycles. The van der Waals surface area contributed by atoms with E-state index in [0.29, 0.717) is 0 Å². The Kier molecular flexibility index (Phi) is 5.64. The monoisotopic (exact) mass is 282 g/mol. The van der Waals surface area contributed by atoms with Crippen molar-refractivity contribution in [3.63, 3.8) is 0 Å². The van der Waals surface area contributed by atoms with Gasteiger partial charge in [-0.3, -0.25) is 0 Å². The lowest BCUT2D eigenvalue weighted by atomic mass is 10.1. The maximum absolute atomic E-state index is 8.99. The summed E-state index contributed by atoms with van der Waals surface area (Å²) in [7, 11) is 3.40. The van der Waals surface area contributed by atoms with Gasteiger partial charge < -0.3 is 24.4 Å². The molecule has 1 fully saturated rings. The number of benzene rings is 1. The summed E-state index contributed by atoms with van der Waals surface area (Å²) in [5, 5.41) is 8.99. The first-order chi connectivity index (χ1) is 9.76. The van der Waals surface area contributed by atoms with E-state index in [1.165, 1.54) is 10.5 Å². The standard InChI is InChI=1S/C15H24N2O3/c1-19-14-3-4-15(20-2)13(11-14)12-17-7-5-16(6-8-17)9-10-18/h3-4,11,18H,5-10,12H2,1-2H3/p+2. The van der Waals surface area contributed by atoms with E-state index in [1.807, 2.05) is 12.1 Å². The Morgan fingerprint density at radius 2 is 1.75 bits per heavy atom. The lowest BCUT2D eigenvalue weighted by Crippen LogP contribution is -3.27. The van der Waals surface area contributed by atoms with E-state index in [9.17, 15) is 0 Å². The number of quaternary nitrogens is 2. The van der Waals surface area contributed by atoms with Gasteiger partial charge in [-0.25, -0.2) is 0 Å². The van der Waals surface area contributed by atoms with Gasteiger partial charge in [0.1, 0.15) is 50.8 Å². The quantitative estimate of drug-likeness (QED) is 0.564. The van der Waals surface area contributed by atoms with Crippen molar-refractivity contribution in [2.75, 3.05) is 53.6 Å². The molecule has 2 rings (SSSR count). The van der Waals surface area contributed by atoms with Gasteiger partial charge >= 0.3 is 0 Å². The van der Waals surface area contributed by atoms with Crippen LogP contribution in [-0.4, -0.2) is 58.7 Å². The Balaban J connectivity index is 1.96. The van der Waals surface area contributed by atoms with Crippen molar-refractivity contribution in [1.82, 2.24) is 0 Å². The summed E-state index contributed by atoms with van der Waals surface area (Å²) >= 11 is 0. The number of hydrogen-bond donors (Lipinski definition) is 3. The maximum Gasteiger partial charge on any atom is 0.127 e. The first kappa shape index (κ1) is 15.1. The van der Waals surface area contributed by atoms with Crippen molar-refractivity contribution in [3.8, 4) is 11.5 Å². The fourth-order valence-electron chi connectivity index (χ4n) is 2.83. The number of nitrogens with one attached hydrogen (secondary N) is 2. The van der Waals surface area contributed by atoms with Gasteiger partial charge in [0.2, 0.25) is 0 Å². The summed E-state index contributed by atoms with van der Waals surface area (Å²) in [5.41, 5.74) is 1.20. The van der Waals surface area contributed by atoms with Crippen molar-refractivity contribution in [1.29, 1.82) is 0 Å². The van der Waals surface area contributed by atoms with Gasteiger partial charge in [-0.1, -0.05) is 0 Å². The van der Waals surface area contributed by atoms with E-state index in [4.69, 9.17) is 14.6 Å². The summed E-state index contributed by atoms with van der Waals surface area (Å²) in [5.74, 6) is 1.81. The first-order valence-corrected chi connectivity index (χ1v) is 7.25. The fraction of sp³-hybridized carbons (Fsp3) is 0.600. The van der Waals surface area contributed by atoms with Crippen LogP contribution in [0.3, 0.4) is 0 Å². The summed E-state index contributed by atoms with van der Waals surface area (Å²) in [6, 6.07) is 5.97. The Morgan fingerprint density at radius 3 is 2.35 bits per heavy atom. The average molecular weight is 282 g/mol. The second-order valence-corrected chi connectivity index (χ2v) is 5.33. The minimum absolute atomic E-state index is 0.286. The van der Waals surface area contributed by atoms with Gasteiger partial charge in [0.25, 0.3) is 0 Å². The van der Waals surface area contributed by atoms with Crippen molar-refractivity contribution in [3.05, 3.63) is 23.8 Å². The molecule has 1 aliphatic rings. The molecule has 1 heterocycles. The lowest BCUT2D eigenvalue weighted by Gasteiger charge is -2.29. The van der Waals surface area contributed by atoms with E-state index < -0.39 is 0 Å². The average Bonchev–Trinajstić information content (AvgIpc) is 2.49. The molecule has 1 aromatic rings. The third kappa shape index (κ3) is 3.85. The predicted molar refractivity (Wildman–Crippen MR) is 76.6 cm³/mol. The number of hydrogen-bond acceptors (Lipinski definition) is 3. The zero-order valence-electron chi connectivity index (χ0n) is 12.4. The molecule has 0 amide bonds. The predicted octanol–water partition coefficient (Wildman–Crippen LogP) is -2.02. The van der Waals surface area contributed by atoms with Crippen LogP contribution in [0.25, 0.3) is 0 Å². The van der Waals surface area contributed by atoms with Crippen LogP contribution in [0, 0.1) is 0 Å². The van der Waals surface area contributed by atoms with Crippen molar-refractivity contribution >= 4 is 0 Å². The summed E-state index contributed by atoms with van der Waals surface area (Å²) in [4.78, 5) is 3.08. The highest BCUT2D eigenvalue weighted by Gasteiger charge is 2.23. The third-order valence-electron chi connectivity index (χ3n) is 4.06. The van der Waals surface area contributed by atoms with Crippen LogP contribution in [0.15, 0.2) is 18.2 Å². The van der Waals surface area contributed by atoms with Gasteiger partial charge in [-0.2, -0.15) is 0 Å². The van der Waals surface area contributed by atoms with Crippen LogP contribution in [0.1, 0.15) is 5.56 Å². The first-order valence-electron chi connectivity index (χ1n) is 7.25. The normalized spacial score (nSPS) is 22.6. The van der Waals surface area contributed by atoms with E-state index in [0.717, 1.165) is 50.8 Å². The molecule has 1 saturated heterocycles. The molecule has 5 heteroatoms. The van der Waals surface area contributed by atoms with Crippen molar-refractivity contribution < 1.29 is 24.4 Å². The number of piperazine rings is 1. The molecule has 5 nitrogen and oxygen atoms in total. The smallest absolute Gasteiger partial charge is 0.127 e. The molecule has 0 aromatic heterocycles. The SMILES string of the molecule is COc1ccc(OC)c(C[NH+]2CC[NH+](CCO)CC2)c1. The van der Waals surface area contributed by atoms with Crippen molar-refractivity contribution in [2.24, 2.45) is 0 Å². The number of aliphatic hydroxyl groups excluding tert-OH is 1. The Labute approximate surface area is 120 Å². The Morgan fingerprint density at radius 1 is 1.05 bits per heavy atom. The molecular formula is C15H26N2O3+2. The van der Waals surface area contributed by atoms with E-state index in [2.05, 4.69) is 6.07 Å². The highest BCUT2D eigenvalue weighted by atomic mass is 16.5. The molecule has 0 aliphatic carbocycles. The number of methoxy groups -OCH3 is 2. The molecule has 0 unspecified atom stereocenters. The minimum atomic E-state index is 0.286. The Hall–Kier alpha value is -1.30. The number of ether oxygens (including phenoxy) is 2. The number of aliphatic hydroxyl groups is 1. The largest absolute Gasteiger partial charge is 0.497 e. The zero-order chi connectivity index (χ0) is 14.4. The van der Waals surface area contributed by atoms with Crippen LogP contribution < -0.4 is 19.3 Å². The molecule has 20 heavy (non-hydrogen) atoms. The van der Waals surface area contributed by atoms with Crippen molar-refractivity contribution in [2.45, 2.75) is 6.54 Å². The van der Waals surface area contributed by atoms with Crippen LogP contribution in [0.2, 0.25) is 0 Å². The molecule has 3 N–H and O–H groups in total. The molecule has 0 atom stereocenters. The molecule has 0 spiro atoms. The van der Waals surface area contributed by atoms with Gasteiger partial charge in [-0.15, -0.1) is 0 Å². The number of rotatable bonds is 6. The Bertz CT molecular complexity index is 418. The van der Waals surface area contributed by atoms with Crippen LogP contribution in [0.5, 0.6) is 11.5 Å². The molecule has 112 valence electrons. The van der Waals surface area contributed by atoms with Crippen LogP contribution in [0.4, 0.5) is 0 Å². The van der Waals surface area contributed by atoms with Crippen LogP contribution >= 0.6 is 0 Å². The van der Waals surface area contributed by atoms with Gasteiger partial charge in [-0.05, 0) is 18.2 Å². The molecule has 0 radical (unpaired) electrons. The van der Waals surface area contributed by atoms with Gasteiger partial charge in [0, 0.05) is 0 Å². The van der Waals surface area contributed by atoms with E-state index >= 15 is 0 Å². The molecule has 1 aliphatic heterocycles. The highest BCUT2D eigenvalue weighted by Crippen LogP contribution is 2.23. The molecular weight excluding hydrogens is 256 g/mol. The van der Waals surface area contributed by atoms with Gasteiger partial charge in [0.05, 0.1) is 26.4 Å². The topological polar surface area (TPSA) is 47.6 Å². The second-order valence-electron chi connectivity index (χ2n) is 5.33. The summed E-state index contributed by atoms with van der Waals surface area (Å²) < 4.78 is 10.7. The third-order valence-corrected chi connectivity index (χ3v) is 4.06. The maximum atomic E-state index is 8.99. The van der Waals surface area contributed by atoms with E-state index in [1.54, 1.807) is 19.1 Å². The molecule has 0 bridgehead atoms. The second kappa shape index (κ2) is 7.47. The summed E-state index contributed by atoms with van der Waals surface area (Å²) in [6.45, 7) is 6.65. The summed E-state index contributed by atoms with van der Waals surface area (Å²) in [6.07, 6.45) is 0. The van der Waals surface area contributed by atoms with Gasteiger partial charge in [0.15, 0.2) is 0 Å². The lowest BCUT2D eigenvalue weighted by molar-refractivity contribution is -1.02. The van der Waals surface area contributed by atoms with E-state index in [-0.39, 0.29) is 6.61 Å². The van der Waals surface area contributed by atoms with Crippen LogP contribution in [-0.2, 0) is 6.54 Å².